The Kier molecular flexibility index (Phi) is 4.36. The molecule has 2 rings (SSSR count). The van der Waals surface area contributed by atoms with E-state index in [1.807, 2.05) is 38.1 Å². The minimum Gasteiger partial charge on any atom is -0.494 e. The second-order valence-electron chi connectivity index (χ2n) is 3.99. The predicted molar refractivity (Wildman–Crippen MR) is 76.5 cm³/mol. The quantitative estimate of drug-likeness (QED) is 0.730. The van der Waals surface area contributed by atoms with Gasteiger partial charge in [0.25, 0.3) is 0 Å². The average Bonchev–Trinajstić information content (AvgIpc) is 2.77. The van der Waals surface area contributed by atoms with Gasteiger partial charge in [0, 0.05) is 11.1 Å². The van der Waals surface area contributed by atoms with Crippen LogP contribution in [-0.2, 0) is 0 Å². The van der Waals surface area contributed by atoms with Crippen molar-refractivity contribution >= 4 is 27.5 Å². The van der Waals surface area contributed by atoms with E-state index < -0.39 is 0 Å². The van der Waals surface area contributed by atoms with Gasteiger partial charge >= 0.3 is 0 Å². The molecule has 1 heterocycles. The third-order valence-electron chi connectivity index (χ3n) is 2.66. The molecule has 18 heavy (non-hydrogen) atoms. The second-order valence-corrected chi connectivity index (χ2v) is 5.14. The summed E-state index contributed by atoms with van der Waals surface area (Å²) in [6.45, 7) is 4.61. The summed E-state index contributed by atoms with van der Waals surface area (Å²) >= 11 is 9.88. The fourth-order valence-electron chi connectivity index (χ4n) is 1.81. The maximum atomic E-state index is 6.52. The normalized spacial score (nSPS) is 12.4. The van der Waals surface area contributed by atoms with Crippen molar-refractivity contribution in [1.82, 2.24) is 0 Å². The number of halogens is 2. The van der Waals surface area contributed by atoms with Gasteiger partial charge in [0.05, 0.1) is 18.2 Å². The predicted octanol–water partition coefficient (Wildman–Crippen LogP) is 5.08. The van der Waals surface area contributed by atoms with Crippen molar-refractivity contribution in [3.8, 4) is 5.75 Å². The maximum absolute atomic E-state index is 6.52. The van der Waals surface area contributed by atoms with E-state index in [0.717, 1.165) is 22.4 Å². The molecule has 0 bridgehead atoms. The summed E-state index contributed by atoms with van der Waals surface area (Å²) < 4.78 is 11.5. The van der Waals surface area contributed by atoms with Gasteiger partial charge < -0.3 is 9.15 Å². The second kappa shape index (κ2) is 5.81. The molecule has 0 amide bonds. The van der Waals surface area contributed by atoms with Crippen molar-refractivity contribution in [2.45, 2.75) is 19.2 Å². The molecule has 0 saturated heterocycles. The Morgan fingerprint density at radius 2 is 2.11 bits per heavy atom. The Morgan fingerprint density at radius 3 is 2.72 bits per heavy atom. The van der Waals surface area contributed by atoms with Crippen molar-refractivity contribution in [3.63, 3.8) is 0 Å². The molecule has 0 aliphatic heterocycles. The number of aryl methyl sites for hydroxylation is 1. The monoisotopic (exact) mass is 328 g/mol. The molecule has 0 radical (unpaired) electrons. The van der Waals surface area contributed by atoms with Gasteiger partial charge in [0.1, 0.15) is 5.75 Å². The van der Waals surface area contributed by atoms with Crippen LogP contribution in [0.1, 0.15) is 29.0 Å². The van der Waals surface area contributed by atoms with Crippen LogP contribution in [0.3, 0.4) is 0 Å². The molecule has 0 fully saturated rings. The number of hydrogen-bond acceptors (Lipinski definition) is 2. The van der Waals surface area contributed by atoms with Gasteiger partial charge in [-0.25, -0.2) is 0 Å². The maximum Gasteiger partial charge on any atom is 0.173 e. The number of ether oxygens (including phenoxy) is 1. The van der Waals surface area contributed by atoms with E-state index in [1.165, 1.54) is 0 Å². The van der Waals surface area contributed by atoms with Crippen LogP contribution in [0.5, 0.6) is 5.75 Å². The molecule has 0 N–H and O–H groups in total. The van der Waals surface area contributed by atoms with Gasteiger partial charge in [-0.1, -0.05) is 17.7 Å². The van der Waals surface area contributed by atoms with Gasteiger partial charge in [-0.15, -0.1) is 11.6 Å². The molecule has 2 nitrogen and oxygen atoms in total. The van der Waals surface area contributed by atoms with Crippen molar-refractivity contribution < 1.29 is 9.15 Å². The summed E-state index contributed by atoms with van der Waals surface area (Å²) in [6.07, 6.45) is 1.62. The average molecular weight is 330 g/mol. The first-order valence-electron chi connectivity index (χ1n) is 5.73. The third-order valence-corrected chi connectivity index (χ3v) is 3.77. The summed E-state index contributed by atoms with van der Waals surface area (Å²) in [4.78, 5) is 0. The molecule has 1 aromatic carbocycles. The molecule has 0 saturated carbocycles. The number of furan rings is 1. The van der Waals surface area contributed by atoms with Crippen LogP contribution in [0.2, 0.25) is 0 Å². The van der Waals surface area contributed by atoms with E-state index in [0.29, 0.717) is 11.3 Å². The summed E-state index contributed by atoms with van der Waals surface area (Å²) in [5.41, 5.74) is 3.02. The molecule has 1 aromatic heterocycles. The van der Waals surface area contributed by atoms with Crippen molar-refractivity contribution in [1.29, 1.82) is 0 Å². The minimum atomic E-state index is -0.292. The Hall–Kier alpha value is -0.930. The van der Waals surface area contributed by atoms with E-state index >= 15 is 0 Å². The number of hydrogen-bond donors (Lipinski definition) is 0. The van der Waals surface area contributed by atoms with Crippen LogP contribution >= 0.6 is 27.5 Å². The highest BCUT2D eigenvalue weighted by Gasteiger charge is 2.20. The Labute approximate surface area is 120 Å². The lowest BCUT2D eigenvalue weighted by Gasteiger charge is -2.15. The topological polar surface area (TPSA) is 22.4 Å². The van der Waals surface area contributed by atoms with Crippen LogP contribution in [0.25, 0.3) is 0 Å². The van der Waals surface area contributed by atoms with Crippen LogP contribution < -0.4 is 4.74 Å². The molecule has 0 spiro atoms. The van der Waals surface area contributed by atoms with Crippen LogP contribution in [-0.4, -0.2) is 6.61 Å². The highest BCUT2D eigenvalue weighted by atomic mass is 79.9. The van der Waals surface area contributed by atoms with Gasteiger partial charge in [0.15, 0.2) is 4.67 Å². The van der Waals surface area contributed by atoms with Crippen molar-refractivity contribution in [2.24, 2.45) is 0 Å². The summed E-state index contributed by atoms with van der Waals surface area (Å²) in [6, 6.07) is 7.88. The summed E-state index contributed by atoms with van der Waals surface area (Å²) in [5.74, 6) is 0.816. The lowest BCUT2D eigenvalue weighted by molar-refractivity contribution is 0.336. The van der Waals surface area contributed by atoms with Crippen molar-refractivity contribution in [2.75, 3.05) is 6.61 Å². The zero-order chi connectivity index (χ0) is 13.1. The van der Waals surface area contributed by atoms with Crippen LogP contribution in [0, 0.1) is 6.92 Å². The van der Waals surface area contributed by atoms with E-state index in [1.54, 1.807) is 6.26 Å². The molecule has 2 aromatic rings. The first-order valence-corrected chi connectivity index (χ1v) is 6.96. The highest BCUT2D eigenvalue weighted by molar-refractivity contribution is 9.10. The molecule has 1 atom stereocenters. The fraction of sp³-hybridized carbons (Fsp3) is 0.286. The van der Waals surface area contributed by atoms with Gasteiger partial charge in [-0.2, -0.15) is 0 Å². The van der Waals surface area contributed by atoms with E-state index in [-0.39, 0.29) is 5.38 Å². The SMILES string of the molecule is CCOc1ccc(C)cc1C(Cl)c1ccoc1Br. The molecule has 96 valence electrons. The minimum absolute atomic E-state index is 0.292. The van der Waals surface area contributed by atoms with Gasteiger partial charge in [-0.05, 0) is 41.9 Å². The van der Waals surface area contributed by atoms with E-state index in [2.05, 4.69) is 15.9 Å². The fourth-order valence-corrected chi connectivity index (χ4v) is 2.75. The Bertz CT molecular complexity index is 536. The number of alkyl halides is 1. The van der Waals surface area contributed by atoms with Gasteiger partial charge in [0.2, 0.25) is 0 Å². The molecular formula is C14H14BrClO2. The number of benzene rings is 1. The first-order chi connectivity index (χ1) is 8.63. The third kappa shape index (κ3) is 2.73. The zero-order valence-electron chi connectivity index (χ0n) is 10.2. The highest BCUT2D eigenvalue weighted by Crippen LogP contribution is 2.39. The lowest BCUT2D eigenvalue weighted by Crippen LogP contribution is -2.00. The van der Waals surface area contributed by atoms with Crippen LogP contribution in [0.15, 0.2) is 39.6 Å². The smallest absolute Gasteiger partial charge is 0.173 e. The first kappa shape index (κ1) is 13.5. The number of rotatable bonds is 4. The Balaban J connectivity index is 2.43. The summed E-state index contributed by atoms with van der Waals surface area (Å²) in [7, 11) is 0. The standard InChI is InChI=1S/C14H14BrClO2/c1-3-17-12-5-4-9(2)8-11(12)13(16)10-6-7-18-14(10)15/h4-8,13H,3H2,1-2H3. The zero-order valence-corrected chi connectivity index (χ0v) is 12.6. The molecule has 0 aliphatic rings. The van der Waals surface area contributed by atoms with E-state index in [4.69, 9.17) is 20.8 Å². The van der Waals surface area contributed by atoms with Crippen molar-refractivity contribution in [3.05, 3.63) is 51.9 Å². The van der Waals surface area contributed by atoms with Gasteiger partial charge in [-0.3, -0.25) is 0 Å². The van der Waals surface area contributed by atoms with E-state index in [9.17, 15) is 0 Å². The molecule has 0 aliphatic carbocycles. The molecular weight excluding hydrogens is 316 g/mol. The Morgan fingerprint density at radius 1 is 1.33 bits per heavy atom. The largest absolute Gasteiger partial charge is 0.494 e. The summed E-state index contributed by atoms with van der Waals surface area (Å²) in [5, 5.41) is -0.292. The lowest BCUT2D eigenvalue weighted by atomic mass is 10.0. The molecule has 4 heteroatoms. The molecule has 1 unspecified atom stereocenters. The van der Waals surface area contributed by atoms with Crippen LogP contribution in [0.4, 0.5) is 0 Å².